The van der Waals surface area contributed by atoms with Crippen LogP contribution in [0.1, 0.15) is 0 Å². The van der Waals surface area contributed by atoms with E-state index in [4.69, 9.17) is 0 Å². The first-order chi connectivity index (χ1) is 19.4. The van der Waals surface area contributed by atoms with Crippen molar-refractivity contribution in [3.63, 3.8) is 0 Å². The highest BCUT2D eigenvalue weighted by Crippen LogP contribution is 2.42. The summed E-state index contributed by atoms with van der Waals surface area (Å²) in [5.74, 6) is 0. The molecule has 9 rings (SSSR count). The van der Waals surface area contributed by atoms with Crippen LogP contribution in [0.3, 0.4) is 0 Å². The molecule has 0 fully saturated rings. The Labute approximate surface area is 224 Å². The quantitative estimate of drug-likeness (QED) is 0.246. The maximum Gasteiger partial charge on any atom is 0.0641 e. The van der Waals surface area contributed by atoms with Crippen LogP contribution < -0.4 is 0 Å². The van der Waals surface area contributed by atoms with Gasteiger partial charge in [0.15, 0.2) is 0 Å². The van der Waals surface area contributed by atoms with Crippen molar-refractivity contribution in [2.45, 2.75) is 0 Å². The summed E-state index contributed by atoms with van der Waals surface area (Å²) < 4.78 is 4.86. The number of H-pyrrole nitrogens is 1. The molecule has 0 aliphatic heterocycles. The van der Waals surface area contributed by atoms with E-state index in [0.717, 1.165) is 16.7 Å². The van der Waals surface area contributed by atoms with Crippen molar-refractivity contribution >= 4 is 65.4 Å². The molecule has 0 unspecified atom stereocenters. The Morgan fingerprint density at radius 3 is 1.79 bits per heavy atom. The van der Waals surface area contributed by atoms with Crippen LogP contribution in [0, 0.1) is 0 Å². The van der Waals surface area contributed by atoms with Gasteiger partial charge in [-0.15, -0.1) is 0 Å². The highest BCUT2D eigenvalue weighted by Gasteiger charge is 2.21. The Kier molecular flexibility index (Phi) is 4.05. The first kappa shape index (κ1) is 20.7. The molecule has 0 aliphatic carbocycles. The van der Waals surface area contributed by atoms with Gasteiger partial charge in [-0.05, 0) is 54.6 Å². The molecule has 3 aromatic heterocycles. The molecule has 182 valence electrons. The molecule has 1 N–H and O–H groups in total. The topological polar surface area (TPSA) is 25.6 Å². The van der Waals surface area contributed by atoms with Crippen molar-refractivity contribution in [1.29, 1.82) is 0 Å². The fourth-order valence-electron chi connectivity index (χ4n) is 6.60. The normalized spacial score (nSPS) is 12.1. The summed E-state index contributed by atoms with van der Waals surface area (Å²) in [7, 11) is 0. The summed E-state index contributed by atoms with van der Waals surface area (Å²) in [4.78, 5) is 3.66. The van der Waals surface area contributed by atoms with Crippen LogP contribution in [0.4, 0.5) is 0 Å². The van der Waals surface area contributed by atoms with E-state index >= 15 is 0 Å². The molecule has 3 nitrogen and oxygen atoms in total. The van der Waals surface area contributed by atoms with Crippen LogP contribution in [0.5, 0.6) is 0 Å². The van der Waals surface area contributed by atoms with Crippen molar-refractivity contribution in [3.05, 3.63) is 133 Å². The zero-order valence-corrected chi connectivity index (χ0v) is 21.1. The lowest BCUT2D eigenvalue weighted by Gasteiger charge is -2.10. The average Bonchev–Trinajstić information content (AvgIpc) is 3.64. The maximum absolute atomic E-state index is 3.66. The molecule has 9 aromatic rings. The summed E-state index contributed by atoms with van der Waals surface area (Å²) in [5, 5.41) is 7.60. The lowest BCUT2D eigenvalue weighted by atomic mass is 10.1. The van der Waals surface area contributed by atoms with E-state index in [1.165, 1.54) is 60.1 Å². The van der Waals surface area contributed by atoms with Gasteiger partial charge in [0.05, 0.1) is 22.1 Å². The second-order valence-corrected chi connectivity index (χ2v) is 10.3. The van der Waals surface area contributed by atoms with E-state index in [1.54, 1.807) is 0 Å². The highest BCUT2D eigenvalue weighted by atomic mass is 15.0. The number of benzene rings is 6. The van der Waals surface area contributed by atoms with Gasteiger partial charge in [0.2, 0.25) is 0 Å². The van der Waals surface area contributed by atoms with Crippen LogP contribution in [0.25, 0.3) is 76.8 Å². The van der Waals surface area contributed by atoms with Crippen molar-refractivity contribution in [1.82, 2.24) is 14.1 Å². The third-order valence-corrected chi connectivity index (χ3v) is 8.22. The van der Waals surface area contributed by atoms with Crippen molar-refractivity contribution in [3.8, 4) is 11.4 Å². The zero-order chi connectivity index (χ0) is 25.5. The lowest BCUT2D eigenvalue weighted by Crippen LogP contribution is -1.95. The van der Waals surface area contributed by atoms with Gasteiger partial charge < -0.3 is 14.1 Å². The Morgan fingerprint density at radius 1 is 0.385 bits per heavy atom. The van der Waals surface area contributed by atoms with E-state index in [0.29, 0.717) is 0 Å². The largest absolute Gasteiger partial charge is 0.354 e. The molecule has 3 heteroatoms. The van der Waals surface area contributed by atoms with E-state index < -0.39 is 0 Å². The summed E-state index contributed by atoms with van der Waals surface area (Å²) in [5.41, 5.74) is 9.55. The van der Waals surface area contributed by atoms with Crippen LogP contribution >= 0.6 is 0 Å². The Morgan fingerprint density at radius 2 is 1.00 bits per heavy atom. The number of aromatic nitrogens is 3. The Balaban J connectivity index is 1.55. The summed E-state index contributed by atoms with van der Waals surface area (Å²) in [6.07, 6.45) is 0. The molecule has 0 saturated heterocycles. The van der Waals surface area contributed by atoms with Crippen molar-refractivity contribution in [2.24, 2.45) is 0 Å². The lowest BCUT2D eigenvalue weighted by molar-refractivity contribution is 1.17. The summed E-state index contributed by atoms with van der Waals surface area (Å²) in [6, 6.07) is 48.2. The number of hydrogen-bond donors (Lipinski definition) is 1. The van der Waals surface area contributed by atoms with Crippen LogP contribution in [0.2, 0.25) is 0 Å². The first-order valence-electron chi connectivity index (χ1n) is 13.4. The molecule has 0 bridgehead atoms. The molecule has 3 heterocycles. The predicted molar refractivity (Wildman–Crippen MR) is 164 cm³/mol. The monoisotopic (exact) mass is 497 g/mol. The number of rotatable bonds is 2. The molecule has 6 aromatic carbocycles. The number of para-hydroxylation sites is 4. The van der Waals surface area contributed by atoms with Gasteiger partial charge in [0.25, 0.3) is 0 Å². The molecule has 0 saturated carbocycles. The first-order valence-corrected chi connectivity index (χ1v) is 13.4. The molecule has 0 aliphatic rings. The van der Waals surface area contributed by atoms with E-state index in [-0.39, 0.29) is 0 Å². The molecule has 0 radical (unpaired) electrons. The van der Waals surface area contributed by atoms with Gasteiger partial charge in [0, 0.05) is 54.7 Å². The predicted octanol–water partition coefficient (Wildman–Crippen LogP) is 9.52. The number of nitrogens with zero attached hydrogens (tertiary/aromatic N) is 2. The molecule has 0 amide bonds. The fourth-order valence-corrected chi connectivity index (χ4v) is 6.60. The molecule has 0 atom stereocenters. The van der Waals surface area contributed by atoms with Gasteiger partial charge >= 0.3 is 0 Å². The van der Waals surface area contributed by atoms with Gasteiger partial charge in [-0.3, -0.25) is 0 Å². The fraction of sp³-hybridized carbons (Fsp3) is 0. The van der Waals surface area contributed by atoms with E-state index in [1.807, 2.05) is 0 Å². The number of fused-ring (bicyclic) bond motifs is 10. The third-order valence-electron chi connectivity index (χ3n) is 8.22. The van der Waals surface area contributed by atoms with Crippen molar-refractivity contribution < 1.29 is 0 Å². The molecular formula is C36H23N3. The second kappa shape index (κ2) is 7.62. The zero-order valence-electron chi connectivity index (χ0n) is 21.1. The summed E-state index contributed by atoms with van der Waals surface area (Å²) in [6.45, 7) is 0. The minimum atomic E-state index is 1.16. The van der Waals surface area contributed by atoms with Gasteiger partial charge in [0.1, 0.15) is 0 Å². The van der Waals surface area contributed by atoms with Gasteiger partial charge in [-0.1, -0.05) is 78.9 Å². The van der Waals surface area contributed by atoms with Gasteiger partial charge in [-0.25, -0.2) is 0 Å². The van der Waals surface area contributed by atoms with Crippen LogP contribution in [0.15, 0.2) is 133 Å². The maximum atomic E-state index is 3.66. The molecule has 0 spiro atoms. The smallest absolute Gasteiger partial charge is 0.0641 e. The Bertz CT molecular complexity index is 2370. The number of nitrogens with one attached hydrogen (secondary N) is 1. The molecular weight excluding hydrogens is 474 g/mol. The van der Waals surface area contributed by atoms with Crippen LogP contribution in [-0.4, -0.2) is 14.1 Å². The van der Waals surface area contributed by atoms with E-state index in [9.17, 15) is 0 Å². The standard InChI is InChI=1S/C36H23N3/c1-3-11-23(12-4-1)38-32-18-10-8-15-25(32)28-21-29-26-19-20-31-35(27-16-7-9-17-30(27)37-31)36(26)39(34(29)22-33(28)38)24-13-5-2-6-14-24/h1-22,37H. The average molecular weight is 498 g/mol. The molecule has 39 heavy (non-hydrogen) atoms. The third kappa shape index (κ3) is 2.76. The van der Waals surface area contributed by atoms with Crippen molar-refractivity contribution in [2.75, 3.05) is 0 Å². The Hall–Kier alpha value is -5.28. The SMILES string of the molecule is c1ccc(-n2c3ccccc3c3cc4c5ccc6[nH]c7ccccc7c6c5n(-c5ccccc5)c4cc32)cc1. The second-order valence-electron chi connectivity index (χ2n) is 10.3. The minimum Gasteiger partial charge on any atom is -0.354 e. The van der Waals surface area contributed by atoms with Crippen LogP contribution in [-0.2, 0) is 0 Å². The highest BCUT2D eigenvalue weighted by molar-refractivity contribution is 6.27. The van der Waals surface area contributed by atoms with Gasteiger partial charge in [-0.2, -0.15) is 0 Å². The summed E-state index contributed by atoms with van der Waals surface area (Å²) >= 11 is 0. The minimum absolute atomic E-state index is 1.16. The van der Waals surface area contributed by atoms with E-state index in [2.05, 4.69) is 148 Å². The number of aromatic amines is 1. The number of hydrogen-bond acceptors (Lipinski definition) is 0.